The van der Waals surface area contributed by atoms with Crippen LogP contribution in [0.4, 0.5) is 5.69 Å². The number of benzene rings is 1. The van der Waals surface area contributed by atoms with Crippen LogP contribution in [0.5, 0.6) is 0 Å². The first-order chi connectivity index (χ1) is 9.81. The molecule has 0 saturated heterocycles. The van der Waals surface area contributed by atoms with Gasteiger partial charge in [-0.15, -0.1) is 0 Å². The maximum absolute atomic E-state index is 12.3. The predicted molar refractivity (Wildman–Crippen MR) is 84.8 cm³/mol. The van der Waals surface area contributed by atoms with Gasteiger partial charge in [0, 0.05) is 31.4 Å². The van der Waals surface area contributed by atoms with E-state index in [4.69, 9.17) is 5.11 Å². The molecule has 4 nitrogen and oxygen atoms in total. The van der Waals surface area contributed by atoms with E-state index in [1.54, 1.807) is 31.2 Å². The van der Waals surface area contributed by atoms with Gasteiger partial charge in [-0.25, -0.2) is 4.79 Å². The van der Waals surface area contributed by atoms with Crippen LogP contribution in [0.15, 0.2) is 48.1 Å². The minimum Gasteiger partial charge on any atom is -0.478 e. The van der Waals surface area contributed by atoms with Gasteiger partial charge in [0.15, 0.2) is 5.78 Å². The summed E-state index contributed by atoms with van der Waals surface area (Å²) in [5.74, 6) is -1.14. The molecule has 0 spiro atoms. The van der Waals surface area contributed by atoms with Crippen molar-refractivity contribution in [2.45, 2.75) is 13.8 Å². The number of anilines is 1. The predicted octanol–water partition coefficient (Wildman–Crippen LogP) is 3.16. The summed E-state index contributed by atoms with van der Waals surface area (Å²) in [6.45, 7) is 3.58. The SMILES string of the molecule is CC(=CC(C)C=CC(=O)O)C(=O)c1ccc(N(C)C)cc1. The minimum absolute atomic E-state index is 0.0455. The molecule has 0 aliphatic heterocycles. The molecular formula is C17H21NO3. The Hall–Kier alpha value is -2.36. The van der Waals surface area contributed by atoms with Crippen LogP contribution >= 0.6 is 0 Å². The summed E-state index contributed by atoms with van der Waals surface area (Å²) >= 11 is 0. The Kier molecular flexibility index (Phi) is 5.91. The number of rotatable bonds is 6. The number of allylic oxidation sites excluding steroid dienone is 3. The van der Waals surface area contributed by atoms with Crippen molar-refractivity contribution in [3.8, 4) is 0 Å². The van der Waals surface area contributed by atoms with E-state index in [2.05, 4.69) is 0 Å². The fraction of sp³-hybridized carbons (Fsp3) is 0.294. The van der Waals surface area contributed by atoms with Gasteiger partial charge in [0.25, 0.3) is 0 Å². The Morgan fingerprint density at radius 2 is 1.76 bits per heavy atom. The minimum atomic E-state index is -0.987. The third kappa shape index (κ3) is 5.26. The lowest BCUT2D eigenvalue weighted by atomic mass is 10.00. The number of carboxylic acid groups (broad SMARTS) is 1. The number of carbonyl (C=O) groups excluding carboxylic acids is 1. The van der Waals surface area contributed by atoms with E-state index in [0.29, 0.717) is 11.1 Å². The fourth-order valence-corrected chi connectivity index (χ4v) is 1.90. The van der Waals surface area contributed by atoms with Crippen LogP contribution in [-0.2, 0) is 4.79 Å². The summed E-state index contributed by atoms with van der Waals surface area (Å²) < 4.78 is 0. The van der Waals surface area contributed by atoms with Gasteiger partial charge >= 0.3 is 5.97 Å². The van der Waals surface area contributed by atoms with E-state index in [0.717, 1.165) is 11.8 Å². The molecule has 0 heterocycles. The lowest BCUT2D eigenvalue weighted by Gasteiger charge is -2.12. The van der Waals surface area contributed by atoms with Crippen LogP contribution in [0.2, 0.25) is 0 Å². The van der Waals surface area contributed by atoms with Crippen molar-refractivity contribution in [2.24, 2.45) is 5.92 Å². The number of nitrogens with zero attached hydrogens (tertiary/aromatic N) is 1. The van der Waals surface area contributed by atoms with Crippen LogP contribution in [0.1, 0.15) is 24.2 Å². The highest BCUT2D eigenvalue weighted by Gasteiger charge is 2.09. The molecule has 0 aliphatic rings. The van der Waals surface area contributed by atoms with E-state index < -0.39 is 5.97 Å². The van der Waals surface area contributed by atoms with Crippen LogP contribution in [0, 0.1) is 5.92 Å². The van der Waals surface area contributed by atoms with E-state index in [9.17, 15) is 9.59 Å². The molecule has 0 radical (unpaired) electrons. The number of hydrogen-bond acceptors (Lipinski definition) is 3. The Bertz CT molecular complexity index is 568. The summed E-state index contributed by atoms with van der Waals surface area (Å²) in [7, 11) is 3.89. The molecule has 1 aromatic rings. The third-order valence-electron chi connectivity index (χ3n) is 3.06. The number of aliphatic carboxylic acids is 1. The quantitative estimate of drug-likeness (QED) is 0.645. The number of hydrogen-bond donors (Lipinski definition) is 1. The Morgan fingerprint density at radius 1 is 1.19 bits per heavy atom. The first-order valence-corrected chi connectivity index (χ1v) is 6.73. The monoisotopic (exact) mass is 287 g/mol. The van der Waals surface area contributed by atoms with E-state index in [-0.39, 0.29) is 11.7 Å². The molecule has 1 rings (SSSR count). The van der Waals surface area contributed by atoms with Gasteiger partial charge in [-0.3, -0.25) is 4.79 Å². The zero-order valence-corrected chi connectivity index (χ0v) is 12.8. The van der Waals surface area contributed by atoms with E-state index in [1.165, 1.54) is 0 Å². The first-order valence-electron chi connectivity index (χ1n) is 6.73. The summed E-state index contributed by atoms with van der Waals surface area (Å²) in [6.07, 6.45) is 4.40. The topological polar surface area (TPSA) is 57.6 Å². The molecule has 0 aromatic heterocycles. The van der Waals surface area contributed by atoms with Crippen molar-refractivity contribution < 1.29 is 14.7 Å². The highest BCUT2D eigenvalue weighted by molar-refractivity contribution is 6.08. The Balaban J connectivity index is 2.84. The van der Waals surface area contributed by atoms with Crippen molar-refractivity contribution in [1.29, 1.82) is 0 Å². The fourth-order valence-electron chi connectivity index (χ4n) is 1.90. The summed E-state index contributed by atoms with van der Waals surface area (Å²) in [6, 6.07) is 7.39. The van der Waals surface area contributed by atoms with E-state index in [1.807, 2.05) is 38.1 Å². The van der Waals surface area contributed by atoms with Crippen molar-refractivity contribution in [3.05, 3.63) is 53.6 Å². The molecule has 1 atom stereocenters. The lowest BCUT2D eigenvalue weighted by molar-refractivity contribution is -0.131. The zero-order chi connectivity index (χ0) is 16.0. The molecule has 0 fully saturated rings. The average molecular weight is 287 g/mol. The second-order valence-electron chi connectivity index (χ2n) is 5.18. The molecule has 0 bridgehead atoms. The molecule has 1 N–H and O–H groups in total. The van der Waals surface area contributed by atoms with Gasteiger partial charge < -0.3 is 10.0 Å². The van der Waals surface area contributed by atoms with Gasteiger partial charge in [0.1, 0.15) is 0 Å². The van der Waals surface area contributed by atoms with E-state index >= 15 is 0 Å². The van der Waals surface area contributed by atoms with Crippen LogP contribution < -0.4 is 4.90 Å². The van der Waals surface area contributed by atoms with Gasteiger partial charge in [0.2, 0.25) is 0 Å². The van der Waals surface area contributed by atoms with Gasteiger partial charge in [0.05, 0.1) is 0 Å². The first kappa shape index (κ1) is 16.7. The number of Topliss-reactive ketones (excluding diaryl/α,β-unsaturated/α-hetero) is 1. The molecule has 0 aliphatic carbocycles. The lowest BCUT2D eigenvalue weighted by Crippen LogP contribution is -2.09. The summed E-state index contributed by atoms with van der Waals surface area (Å²) in [4.78, 5) is 24.7. The maximum Gasteiger partial charge on any atom is 0.327 e. The third-order valence-corrected chi connectivity index (χ3v) is 3.06. The molecular weight excluding hydrogens is 266 g/mol. The normalized spacial score (nSPS) is 13.2. The van der Waals surface area contributed by atoms with Crippen LogP contribution in [0.25, 0.3) is 0 Å². The summed E-state index contributed by atoms with van der Waals surface area (Å²) in [5.41, 5.74) is 2.27. The standard InChI is InChI=1S/C17H21NO3/c1-12(5-10-16(19)20)11-13(2)17(21)14-6-8-15(9-7-14)18(3)4/h5-12H,1-4H3,(H,19,20). The maximum atomic E-state index is 12.3. The smallest absolute Gasteiger partial charge is 0.327 e. The largest absolute Gasteiger partial charge is 0.478 e. The van der Waals surface area contributed by atoms with Crippen LogP contribution in [0.3, 0.4) is 0 Å². The van der Waals surface area contributed by atoms with Crippen molar-refractivity contribution in [1.82, 2.24) is 0 Å². The Morgan fingerprint density at radius 3 is 2.24 bits per heavy atom. The van der Waals surface area contributed by atoms with Gasteiger partial charge in [-0.2, -0.15) is 0 Å². The summed E-state index contributed by atoms with van der Waals surface area (Å²) in [5, 5.41) is 8.58. The number of carbonyl (C=O) groups is 2. The van der Waals surface area contributed by atoms with Gasteiger partial charge in [-0.05, 0) is 42.7 Å². The van der Waals surface area contributed by atoms with Crippen molar-refractivity contribution in [3.63, 3.8) is 0 Å². The molecule has 1 aromatic carbocycles. The second kappa shape index (κ2) is 7.43. The molecule has 1 unspecified atom stereocenters. The molecule has 112 valence electrons. The average Bonchev–Trinajstić information content (AvgIpc) is 2.44. The number of ketones is 1. The molecule has 0 saturated carbocycles. The number of carboxylic acids is 1. The van der Waals surface area contributed by atoms with Crippen molar-refractivity contribution >= 4 is 17.4 Å². The Labute approximate surface area is 125 Å². The van der Waals surface area contributed by atoms with Gasteiger partial charge in [-0.1, -0.05) is 19.1 Å². The second-order valence-corrected chi connectivity index (χ2v) is 5.18. The molecule has 4 heteroatoms. The zero-order valence-electron chi connectivity index (χ0n) is 12.8. The highest BCUT2D eigenvalue weighted by atomic mass is 16.4. The molecule has 21 heavy (non-hydrogen) atoms. The van der Waals surface area contributed by atoms with Crippen LogP contribution in [-0.4, -0.2) is 31.0 Å². The van der Waals surface area contributed by atoms with Crippen molar-refractivity contribution in [2.75, 3.05) is 19.0 Å². The molecule has 0 amide bonds. The highest BCUT2D eigenvalue weighted by Crippen LogP contribution is 2.16.